The molecule has 0 N–H and O–H groups in total. The van der Waals surface area contributed by atoms with Gasteiger partial charge in [0.05, 0.1) is 6.61 Å². The normalized spacial score (nSPS) is 24.4. The Hall–Kier alpha value is -1.65. The minimum Gasteiger partial charge on any atom is -0.465 e. The van der Waals surface area contributed by atoms with Gasteiger partial charge in [-0.3, -0.25) is 14.6 Å². The number of allylic oxidation sites excluding steroid dienone is 2. The minimum absolute atomic E-state index is 0.0165. The Kier molecular flexibility index (Phi) is 5.51. The average Bonchev–Trinajstić information content (AvgIpc) is 2.52. The lowest BCUT2D eigenvalue weighted by Gasteiger charge is -2.39. The number of benzene rings is 1. The third-order valence-corrected chi connectivity index (χ3v) is 5.70. The highest BCUT2D eigenvalue weighted by Crippen LogP contribution is 2.49. The van der Waals surface area contributed by atoms with Gasteiger partial charge >= 0.3 is 5.97 Å². The van der Waals surface area contributed by atoms with Crippen molar-refractivity contribution in [1.29, 1.82) is 0 Å². The molecule has 3 rings (SSSR count). The molecule has 0 fully saturated rings. The van der Waals surface area contributed by atoms with Gasteiger partial charge in [0.1, 0.15) is 5.92 Å². The molecule has 0 radical (unpaired) electrons. The molecule has 0 spiro atoms. The molecule has 1 heterocycles. The van der Waals surface area contributed by atoms with E-state index in [0.717, 1.165) is 5.70 Å². The van der Waals surface area contributed by atoms with Crippen LogP contribution in [0.1, 0.15) is 52.0 Å². The highest BCUT2D eigenvalue weighted by atomic mass is 35.5. The lowest BCUT2D eigenvalue weighted by molar-refractivity contribution is -0.146. The number of nitrogens with zero attached hydrogens (tertiary/aromatic N) is 1. The van der Waals surface area contributed by atoms with Crippen LogP contribution in [0.25, 0.3) is 0 Å². The lowest BCUT2D eigenvalue weighted by Crippen LogP contribution is -2.39. The first-order chi connectivity index (χ1) is 12.6. The summed E-state index contributed by atoms with van der Waals surface area (Å²) in [7, 11) is 0. The third kappa shape index (κ3) is 3.83. The predicted molar refractivity (Wildman–Crippen MR) is 107 cm³/mol. The summed E-state index contributed by atoms with van der Waals surface area (Å²) in [6.45, 7) is 7.95. The van der Waals surface area contributed by atoms with Crippen molar-refractivity contribution in [3.63, 3.8) is 0 Å². The van der Waals surface area contributed by atoms with Crippen LogP contribution in [0.3, 0.4) is 0 Å². The third-order valence-electron chi connectivity index (χ3n) is 5.14. The number of esters is 1. The quantitative estimate of drug-likeness (QED) is 0.632. The molecule has 1 aromatic rings. The monoisotopic (exact) mass is 407 g/mol. The Morgan fingerprint density at radius 2 is 2.00 bits per heavy atom. The Balaban J connectivity index is 2.21. The van der Waals surface area contributed by atoms with Gasteiger partial charge in [0.2, 0.25) is 0 Å². The zero-order chi connectivity index (χ0) is 19.9. The predicted octanol–water partition coefficient (Wildman–Crippen LogP) is 5.37. The largest absolute Gasteiger partial charge is 0.465 e. The van der Waals surface area contributed by atoms with Crippen molar-refractivity contribution in [2.45, 2.75) is 46.5 Å². The molecule has 1 aliphatic heterocycles. The second-order valence-corrected chi connectivity index (χ2v) is 8.77. The van der Waals surface area contributed by atoms with E-state index in [0.29, 0.717) is 39.7 Å². The second kappa shape index (κ2) is 7.40. The molecule has 4 nitrogen and oxygen atoms in total. The summed E-state index contributed by atoms with van der Waals surface area (Å²) in [5, 5.41) is 0.934. The van der Waals surface area contributed by atoms with Crippen molar-refractivity contribution < 1.29 is 14.3 Å². The second-order valence-electron chi connectivity index (χ2n) is 7.93. The summed E-state index contributed by atoms with van der Waals surface area (Å²) in [5.41, 5.74) is 2.53. The molecule has 2 atom stereocenters. The summed E-state index contributed by atoms with van der Waals surface area (Å²) in [5.74, 6) is -1.56. The fraction of sp³-hybridized carbons (Fsp3) is 0.476. The number of aliphatic imine (C=N–C) groups is 1. The van der Waals surface area contributed by atoms with E-state index in [1.165, 1.54) is 0 Å². The zero-order valence-electron chi connectivity index (χ0n) is 15.9. The van der Waals surface area contributed by atoms with Crippen LogP contribution in [0.5, 0.6) is 0 Å². The van der Waals surface area contributed by atoms with Crippen LogP contribution in [0.2, 0.25) is 10.0 Å². The van der Waals surface area contributed by atoms with Crippen molar-refractivity contribution in [3.05, 3.63) is 45.1 Å². The van der Waals surface area contributed by atoms with Crippen LogP contribution >= 0.6 is 23.2 Å². The van der Waals surface area contributed by atoms with Crippen LogP contribution in [0.15, 0.2) is 34.5 Å². The van der Waals surface area contributed by atoms with Gasteiger partial charge in [0, 0.05) is 39.4 Å². The highest BCUT2D eigenvalue weighted by Gasteiger charge is 2.46. The van der Waals surface area contributed by atoms with Gasteiger partial charge in [0.25, 0.3) is 0 Å². The van der Waals surface area contributed by atoms with Gasteiger partial charge in [-0.25, -0.2) is 0 Å². The Labute approximate surface area is 169 Å². The first kappa shape index (κ1) is 20.1. The zero-order valence-corrected chi connectivity index (χ0v) is 17.4. The van der Waals surface area contributed by atoms with Gasteiger partial charge in [-0.1, -0.05) is 43.1 Å². The molecule has 0 saturated heterocycles. The summed E-state index contributed by atoms with van der Waals surface area (Å²) in [4.78, 5) is 30.5. The van der Waals surface area contributed by atoms with Gasteiger partial charge in [0.15, 0.2) is 5.78 Å². The number of hydrogen-bond donors (Lipinski definition) is 0. The van der Waals surface area contributed by atoms with Crippen LogP contribution < -0.4 is 0 Å². The van der Waals surface area contributed by atoms with E-state index in [2.05, 4.69) is 18.8 Å². The Morgan fingerprint density at radius 3 is 2.63 bits per heavy atom. The summed E-state index contributed by atoms with van der Waals surface area (Å²) >= 11 is 12.5. The fourth-order valence-corrected chi connectivity index (χ4v) is 4.60. The van der Waals surface area contributed by atoms with E-state index in [9.17, 15) is 9.59 Å². The van der Waals surface area contributed by atoms with E-state index in [4.69, 9.17) is 27.9 Å². The number of Topliss-reactive ketones (excluding diaryl/α,β-unsaturated/α-hetero) is 1. The van der Waals surface area contributed by atoms with Crippen molar-refractivity contribution in [3.8, 4) is 0 Å². The van der Waals surface area contributed by atoms with Crippen molar-refractivity contribution >= 4 is 40.7 Å². The minimum atomic E-state index is -0.674. The van der Waals surface area contributed by atoms with Gasteiger partial charge < -0.3 is 4.74 Å². The number of hydrogen-bond acceptors (Lipinski definition) is 4. The number of carbonyl (C=O) groups is 2. The van der Waals surface area contributed by atoms with Crippen LogP contribution in [0, 0.1) is 11.3 Å². The van der Waals surface area contributed by atoms with E-state index in [1.54, 1.807) is 25.1 Å². The molecule has 0 saturated carbocycles. The van der Waals surface area contributed by atoms with Gasteiger partial charge in [-0.2, -0.15) is 0 Å². The summed E-state index contributed by atoms with van der Waals surface area (Å²) < 4.78 is 5.30. The molecule has 2 aliphatic rings. The maximum Gasteiger partial charge on any atom is 0.315 e. The molecule has 6 heteroatoms. The first-order valence-electron chi connectivity index (χ1n) is 9.07. The standard InChI is InChI=1S/C21H23Cl2NO3/c1-5-27-20(26)17-11(2)24-15-9-21(3,4)10-16(25)19(15)18(17)13-7-6-12(22)8-14(13)23/h6-8,17-18H,5,9-10H2,1-4H3. The SMILES string of the molecule is CCOC(=O)C1C(C)=NC2=C(C(=O)CC(C)(C)C2)C1c1ccc(Cl)cc1Cl. The topological polar surface area (TPSA) is 55.7 Å². The van der Waals surface area contributed by atoms with E-state index in [-0.39, 0.29) is 23.8 Å². The molecule has 0 amide bonds. The molecule has 1 aliphatic carbocycles. The van der Waals surface area contributed by atoms with E-state index < -0.39 is 11.8 Å². The lowest BCUT2D eigenvalue weighted by atomic mass is 9.67. The number of halogens is 2. The van der Waals surface area contributed by atoms with Crippen LogP contribution in [-0.4, -0.2) is 24.1 Å². The molecule has 27 heavy (non-hydrogen) atoms. The van der Waals surface area contributed by atoms with Crippen LogP contribution in [-0.2, 0) is 14.3 Å². The molecule has 144 valence electrons. The summed E-state index contributed by atoms with van der Waals surface area (Å²) in [6, 6.07) is 5.15. The average molecular weight is 408 g/mol. The molecular weight excluding hydrogens is 385 g/mol. The Morgan fingerprint density at radius 1 is 1.30 bits per heavy atom. The first-order valence-corrected chi connectivity index (χ1v) is 9.83. The number of rotatable bonds is 3. The number of ketones is 1. The van der Waals surface area contributed by atoms with Gasteiger partial charge in [-0.05, 0) is 43.4 Å². The molecule has 0 aromatic heterocycles. The number of ether oxygens (including phenoxy) is 1. The smallest absolute Gasteiger partial charge is 0.315 e. The highest BCUT2D eigenvalue weighted by molar-refractivity contribution is 6.35. The number of carbonyl (C=O) groups excluding carboxylic acids is 2. The maximum atomic E-state index is 13.1. The van der Waals surface area contributed by atoms with Gasteiger partial charge in [-0.15, -0.1) is 0 Å². The maximum absolute atomic E-state index is 13.1. The molecule has 2 unspecified atom stereocenters. The summed E-state index contributed by atoms with van der Waals surface area (Å²) in [6.07, 6.45) is 1.10. The molecule has 1 aromatic carbocycles. The van der Waals surface area contributed by atoms with Crippen molar-refractivity contribution in [2.75, 3.05) is 6.61 Å². The molecule has 0 bridgehead atoms. The van der Waals surface area contributed by atoms with E-state index in [1.807, 2.05) is 6.92 Å². The van der Waals surface area contributed by atoms with Crippen LogP contribution in [0.4, 0.5) is 0 Å². The van der Waals surface area contributed by atoms with Crippen molar-refractivity contribution in [2.24, 2.45) is 16.3 Å². The van der Waals surface area contributed by atoms with Crippen molar-refractivity contribution in [1.82, 2.24) is 0 Å². The Bertz CT molecular complexity index is 870. The fourth-order valence-electron chi connectivity index (χ4n) is 4.07. The molecular formula is C21H23Cl2NO3. The van der Waals surface area contributed by atoms with E-state index >= 15 is 0 Å².